The quantitative estimate of drug-likeness (QED) is 0.828. The Hall–Kier alpha value is -2.76. The molecule has 2 N–H and O–H groups in total. The maximum absolute atomic E-state index is 12.1. The number of nitrogens with one attached hydrogen (secondary N) is 2. The highest BCUT2D eigenvalue weighted by Gasteiger charge is 2.12. The summed E-state index contributed by atoms with van der Waals surface area (Å²) < 4.78 is 10.3. The third-order valence-corrected chi connectivity index (χ3v) is 2.98. The Morgan fingerprint density at radius 1 is 1.10 bits per heavy atom. The number of H-pyrrole nitrogens is 1. The Bertz CT molecular complexity index is 676. The number of hydrogen-bond donors (Lipinski definition) is 2. The summed E-state index contributed by atoms with van der Waals surface area (Å²) in [6.07, 6.45) is 1.51. The number of ether oxygens (including phenoxy) is 2. The van der Waals surface area contributed by atoms with E-state index in [1.54, 1.807) is 25.3 Å². The van der Waals surface area contributed by atoms with Gasteiger partial charge < -0.3 is 19.8 Å². The van der Waals surface area contributed by atoms with Gasteiger partial charge in [0.25, 0.3) is 5.91 Å². The second kappa shape index (κ2) is 6.13. The highest BCUT2D eigenvalue weighted by molar-refractivity contribution is 6.05. The highest BCUT2D eigenvalue weighted by atomic mass is 16.5. The summed E-state index contributed by atoms with van der Waals surface area (Å²) >= 11 is 0. The van der Waals surface area contributed by atoms with Gasteiger partial charge in [-0.2, -0.15) is 0 Å². The Kier molecular flexibility index (Phi) is 4.27. The predicted octanol–water partition coefficient (Wildman–Crippen LogP) is 2.49. The number of aromatic amines is 1. The molecule has 1 aromatic heterocycles. The Morgan fingerprint density at radius 2 is 1.81 bits per heavy atom. The number of carbonyl (C=O) groups excluding carboxylic acids is 2. The summed E-state index contributed by atoms with van der Waals surface area (Å²) in [7, 11) is 3.06. The van der Waals surface area contributed by atoms with Gasteiger partial charge in [0.2, 0.25) is 0 Å². The van der Waals surface area contributed by atoms with Crippen LogP contribution in [-0.2, 0) is 0 Å². The van der Waals surface area contributed by atoms with Crippen molar-refractivity contribution in [2.75, 3.05) is 19.5 Å². The third-order valence-electron chi connectivity index (χ3n) is 2.98. The second-order valence-corrected chi connectivity index (χ2v) is 4.38. The lowest BCUT2D eigenvalue weighted by Gasteiger charge is -2.10. The van der Waals surface area contributed by atoms with E-state index in [4.69, 9.17) is 9.47 Å². The SMILES string of the molecule is COc1ccc(NC(=O)c2cc(C(C)=O)c[nH]2)cc1OC. The molecular formula is C15H16N2O4. The summed E-state index contributed by atoms with van der Waals surface area (Å²) in [5.41, 5.74) is 1.35. The van der Waals surface area contributed by atoms with Gasteiger partial charge in [-0.15, -0.1) is 0 Å². The molecule has 21 heavy (non-hydrogen) atoms. The van der Waals surface area contributed by atoms with E-state index in [2.05, 4.69) is 10.3 Å². The number of benzene rings is 1. The van der Waals surface area contributed by atoms with E-state index >= 15 is 0 Å². The number of Topliss-reactive ketones (excluding diaryl/α,β-unsaturated/α-hetero) is 1. The number of amides is 1. The van der Waals surface area contributed by atoms with Crippen LogP contribution in [0.3, 0.4) is 0 Å². The van der Waals surface area contributed by atoms with Crippen molar-refractivity contribution in [1.82, 2.24) is 4.98 Å². The summed E-state index contributed by atoms with van der Waals surface area (Å²) in [6, 6.07) is 6.57. The molecule has 0 bridgehead atoms. The molecule has 0 fully saturated rings. The largest absolute Gasteiger partial charge is 0.493 e. The standard InChI is InChI=1S/C15H16N2O4/c1-9(18)10-6-12(16-8-10)15(19)17-11-4-5-13(20-2)14(7-11)21-3/h4-8,16H,1-3H3,(H,17,19). The van der Waals surface area contributed by atoms with Gasteiger partial charge in [-0.25, -0.2) is 0 Å². The molecule has 6 nitrogen and oxygen atoms in total. The molecule has 1 amide bonds. The molecule has 2 rings (SSSR count). The lowest BCUT2D eigenvalue weighted by atomic mass is 10.2. The minimum atomic E-state index is -0.338. The van der Waals surface area contributed by atoms with Crippen molar-refractivity contribution in [3.05, 3.63) is 41.7 Å². The Labute approximate surface area is 122 Å². The van der Waals surface area contributed by atoms with Gasteiger partial charge in [0.1, 0.15) is 5.69 Å². The van der Waals surface area contributed by atoms with Gasteiger partial charge in [0.05, 0.1) is 14.2 Å². The molecule has 110 valence electrons. The van der Waals surface area contributed by atoms with E-state index < -0.39 is 0 Å². The Balaban J connectivity index is 2.17. The van der Waals surface area contributed by atoms with E-state index in [1.807, 2.05) is 0 Å². The zero-order valence-electron chi connectivity index (χ0n) is 12.0. The molecule has 0 aliphatic heterocycles. The van der Waals surface area contributed by atoms with Crippen molar-refractivity contribution in [3.8, 4) is 11.5 Å². The maximum Gasteiger partial charge on any atom is 0.272 e. The number of aromatic nitrogens is 1. The summed E-state index contributed by atoms with van der Waals surface area (Å²) in [5, 5.41) is 2.72. The van der Waals surface area contributed by atoms with Crippen LogP contribution in [0.25, 0.3) is 0 Å². The fourth-order valence-corrected chi connectivity index (χ4v) is 1.84. The summed E-state index contributed by atoms with van der Waals surface area (Å²) in [4.78, 5) is 26.1. The number of anilines is 1. The monoisotopic (exact) mass is 288 g/mol. The lowest BCUT2D eigenvalue weighted by molar-refractivity contribution is 0.101. The molecule has 0 saturated carbocycles. The zero-order chi connectivity index (χ0) is 15.4. The number of methoxy groups -OCH3 is 2. The van der Waals surface area contributed by atoms with Gasteiger partial charge in [0.15, 0.2) is 17.3 Å². The molecule has 6 heteroatoms. The zero-order valence-corrected chi connectivity index (χ0v) is 12.0. The number of hydrogen-bond acceptors (Lipinski definition) is 4. The van der Waals surface area contributed by atoms with Crippen molar-refractivity contribution in [1.29, 1.82) is 0 Å². The molecule has 0 aliphatic carbocycles. The first-order chi connectivity index (χ1) is 10.0. The number of ketones is 1. The van der Waals surface area contributed by atoms with Crippen LogP contribution in [0.4, 0.5) is 5.69 Å². The molecular weight excluding hydrogens is 272 g/mol. The summed E-state index contributed by atoms with van der Waals surface area (Å²) in [6.45, 7) is 1.44. The molecule has 2 aromatic rings. The molecule has 0 saturated heterocycles. The van der Waals surface area contributed by atoms with E-state index in [1.165, 1.54) is 26.3 Å². The van der Waals surface area contributed by atoms with Crippen molar-refractivity contribution >= 4 is 17.4 Å². The Morgan fingerprint density at radius 3 is 2.38 bits per heavy atom. The summed E-state index contributed by atoms with van der Waals surface area (Å²) in [5.74, 6) is 0.659. The van der Waals surface area contributed by atoms with Crippen LogP contribution in [0.1, 0.15) is 27.8 Å². The fraction of sp³-hybridized carbons (Fsp3) is 0.200. The van der Waals surface area contributed by atoms with E-state index in [9.17, 15) is 9.59 Å². The molecule has 1 heterocycles. The molecule has 0 radical (unpaired) electrons. The van der Waals surface area contributed by atoms with Crippen LogP contribution in [0.5, 0.6) is 11.5 Å². The predicted molar refractivity (Wildman–Crippen MR) is 78.3 cm³/mol. The maximum atomic E-state index is 12.1. The fourth-order valence-electron chi connectivity index (χ4n) is 1.84. The third kappa shape index (κ3) is 3.22. The molecule has 0 unspecified atom stereocenters. The van der Waals surface area contributed by atoms with Crippen LogP contribution in [0.2, 0.25) is 0 Å². The van der Waals surface area contributed by atoms with E-state index in [0.29, 0.717) is 28.4 Å². The molecule has 1 aromatic carbocycles. The van der Waals surface area contributed by atoms with Crippen LogP contribution in [0, 0.1) is 0 Å². The second-order valence-electron chi connectivity index (χ2n) is 4.38. The van der Waals surface area contributed by atoms with Crippen LogP contribution >= 0.6 is 0 Å². The van der Waals surface area contributed by atoms with Crippen LogP contribution in [-0.4, -0.2) is 30.9 Å². The lowest BCUT2D eigenvalue weighted by Crippen LogP contribution is -2.12. The van der Waals surface area contributed by atoms with Crippen molar-refractivity contribution < 1.29 is 19.1 Å². The molecule has 0 spiro atoms. The minimum absolute atomic E-state index is 0.101. The first-order valence-electron chi connectivity index (χ1n) is 6.28. The van der Waals surface area contributed by atoms with Gasteiger partial charge in [0, 0.05) is 23.5 Å². The van der Waals surface area contributed by atoms with Gasteiger partial charge >= 0.3 is 0 Å². The first kappa shape index (κ1) is 14.6. The van der Waals surface area contributed by atoms with Crippen LogP contribution < -0.4 is 14.8 Å². The van der Waals surface area contributed by atoms with Crippen molar-refractivity contribution in [2.24, 2.45) is 0 Å². The number of carbonyl (C=O) groups is 2. The minimum Gasteiger partial charge on any atom is -0.493 e. The smallest absolute Gasteiger partial charge is 0.272 e. The average molecular weight is 288 g/mol. The highest BCUT2D eigenvalue weighted by Crippen LogP contribution is 2.29. The molecule has 0 aliphatic rings. The number of rotatable bonds is 5. The van der Waals surface area contributed by atoms with E-state index in [0.717, 1.165) is 0 Å². The van der Waals surface area contributed by atoms with Crippen molar-refractivity contribution in [3.63, 3.8) is 0 Å². The normalized spacial score (nSPS) is 10.0. The molecule has 0 atom stereocenters. The van der Waals surface area contributed by atoms with Gasteiger partial charge in [-0.05, 0) is 25.1 Å². The van der Waals surface area contributed by atoms with E-state index in [-0.39, 0.29) is 11.7 Å². The van der Waals surface area contributed by atoms with Gasteiger partial charge in [-0.1, -0.05) is 0 Å². The first-order valence-corrected chi connectivity index (χ1v) is 6.28. The average Bonchev–Trinajstić information content (AvgIpc) is 2.97. The van der Waals surface area contributed by atoms with Crippen molar-refractivity contribution in [2.45, 2.75) is 6.92 Å². The van der Waals surface area contributed by atoms with Gasteiger partial charge in [-0.3, -0.25) is 9.59 Å². The topological polar surface area (TPSA) is 80.4 Å². The van der Waals surface area contributed by atoms with Crippen LogP contribution in [0.15, 0.2) is 30.5 Å².